The van der Waals surface area contributed by atoms with E-state index < -0.39 is 0 Å². The third-order valence-corrected chi connectivity index (χ3v) is 6.26. The minimum absolute atomic E-state index is 0.0817. The zero-order valence-corrected chi connectivity index (χ0v) is 17.1. The van der Waals surface area contributed by atoms with Crippen molar-refractivity contribution in [2.45, 2.75) is 51.2 Å². The van der Waals surface area contributed by atoms with E-state index in [4.69, 9.17) is 4.74 Å². The second kappa shape index (κ2) is 9.11. The highest BCUT2D eigenvalue weighted by atomic mass is 16.5. The standard InChI is InChI=1S/C21H32N6O/c1-17-7-9-18(10-8-17)20(21-22-23-24-27(21)15-16-28-2)26-13-11-25(12-14-26)19-5-3-4-6-19/h7-10,19-20H,3-6,11-16H2,1-2H3/t20-/m0/s1. The molecule has 0 amide bonds. The Hall–Kier alpha value is -1.83. The molecule has 152 valence electrons. The van der Waals surface area contributed by atoms with E-state index in [1.165, 1.54) is 36.8 Å². The van der Waals surface area contributed by atoms with Gasteiger partial charge in [0.25, 0.3) is 0 Å². The molecule has 1 aliphatic heterocycles. The van der Waals surface area contributed by atoms with Gasteiger partial charge in [-0.2, -0.15) is 0 Å². The molecule has 7 heteroatoms. The van der Waals surface area contributed by atoms with Crippen LogP contribution in [0.15, 0.2) is 24.3 Å². The van der Waals surface area contributed by atoms with Crippen LogP contribution < -0.4 is 0 Å². The third-order valence-electron chi connectivity index (χ3n) is 6.26. The average molecular weight is 385 g/mol. The highest BCUT2D eigenvalue weighted by molar-refractivity contribution is 5.28. The van der Waals surface area contributed by atoms with Crippen molar-refractivity contribution in [3.63, 3.8) is 0 Å². The summed E-state index contributed by atoms with van der Waals surface area (Å²) in [5.41, 5.74) is 2.53. The Bertz CT molecular complexity index is 732. The Balaban J connectivity index is 1.55. The van der Waals surface area contributed by atoms with Gasteiger partial charge in [0, 0.05) is 39.3 Å². The number of hydrogen-bond acceptors (Lipinski definition) is 6. The molecule has 0 N–H and O–H groups in total. The molecule has 0 spiro atoms. The first-order valence-corrected chi connectivity index (χ1v) is 10.6. The Labute approximate surface area is 167 Å². The molecule has 2 aromatic rings. The van der Waals surface area contributed by atoms with Gasteiger partial charge in [0.05, 0.1) is 19.2 Å². The molecule has 7 nitrogen and oxygen atoms in total. The van der Waals surface area contributed by atoms with Crippen molar-refractivity contribution < 1.29 is 4.74 Å². The Morgan fingerprint density at radius 2 is 1.79 bits per heavy atom. The molecule has 28 heavy (non-hydrogen) atoms. The van der Waals surface area contributed by atoms with Crippen molar-refractivity contribution in [2.24, 2.45) is 0 Å². The lowest BCUT2D eigenvalue weighted by atomic mass is 10.0. The number of methoxy groups -OCH3 is 1. The lowest BCUT2D eigenvalue weighted by Crippen LogP contribution is -2.51. The minimum atomic E-state index is 0.0817. The minimum Gasteiger partial charge on any atom is -0.383 e. The fourth-order valence-corrected chi connectivity index (χ4v) is 4.65. The smallest absolute Gasteiger partial charge is 0.173 e. The largest absolute Gasteiger partial charge is 0.383 e. The van der Waals surface area contributed by atoms with E-state index in [-0.39, 0.29) is 6.04 Å². The molecule has 4 rings (SSSR count). The zero-order valence-electron chi connectivity index (χ0n) is 17.1. The number of nitrogens with zero attached hydrogens (tertiary/aromatic N) is 6. The first kappa shape index (κ1) is 19.5. The summed E-state index contributed by atoms with van der Waals surface area (Å²) < 4.78 is 7.15. The molecule has 1 aromatic heterocycles. The van der Waals surface area contributed by atoms with Gasteiger partial charge in [-0.05, 0) is 35.8 Å². The van der Waals surface area contributed by atoms with Gasteiger partial charge >= 0.3 is 0 Å². The maximum Gasteiger partial charge on any atom is 0.173 e. The van der Waals surface area contributed by atoms with Crippen molar-refractivity contribution in [2.75, 3.05) is 39.9 Å². The van der Waals surface area contributed by atoms with Gasteiger partial charge in [-0.25, -0.2) is 4.68 Å². The Morgan fingerprint density at radius 3 is 2.46 bits per heavy atom. The summed E-state index contributed by atoms with van der Waals surface area (Å²) in [6.45, 7) is 7.76. The fourth-order valence-electron chi connectivity index (χ4n) is 4.65. The predicted molar refractivity (Wildman–Crippen MR) is 108 cm³/mol. The summed E-state index contributed by atoms with van der Waals surface area (Å²) in [4.78, 5) is 5.24. The van der Waals surface area contributed by atoms with Gasteiger partial charge in [0.1, 0.15) is 0 Å². The molecule has 2 heterocycles. The van der Waals surface area contributed by atoms with Crippen LogP contribution in [0.25, 0.3) is 0 Å². The molecule has 1 atom stereocenters. The number of ether oxygens (including phenoxy) is 1. The lowest BCUT2D eigenvalue weighted by Gasteiger charge is -2.41. The Kier molecular flexibility index (Phi) is 6.34. The van der Waals surface area contributed by atoms with Crippen LogP contribution in [0.5, 0.6) is 0 Å². The summed E-state index contributed by atoms with van der Waals surface area (Å²) >= 11 is 0. The van der Waals surface area contributed by atoms with Crippen molar-refractivity contribution in [3.05, 3.63) is 41.2 Å². The lowest BCUT2D eigenvalue weighted by molar-refractivity contribution is 0.0763. The highest BCUT2D eigenvalue weighted by Gasteiger charge is 2.32. The maximum atomic E-state index is 5.25. The number of rotatable bonds is 7. The number of piperazine rings is 1. The van der Waals surface area contributed by atoms with Crippen molar-refractivity contribution in [3.8, 4) is 0 Å². The van der Waals surface area contributed by atoms with Gasteiger partial charge in [-0.1, -0.05) is 42.7 Å². The first-order valence-electron chi connectivity index (χ1n) is 10.6. The molecule has 1 aliphatic carbocycles. The summed E-state index contributed by atoms with van der Waals surface area (Å²) in [6, 6.07) is 9.68. The number of tetrazole rings is 1. The maximum absolute atomic E-state index is 5.25. The number of hydrogen-bond donors (Lipinski definition) is 0. The molecule has 0 unspecified atom stereocenters. The first-order chi connectivity index (χ1) is 13.8. The molecule has 1 saturated heterocycles. The van der Waals surface area contributed by atoms with Crippen LogP contribution >= 0.6 is 0 Å². The molecular weight excluding hydrogens is 352 g/mol. The molecule has 2 aliphatic rings. The highest BCUT2D eigenvalue weighted by Crippen LogP contribution is 2.30. The predicted octanol–water partition coefficient (Wildman–Crippen LogP) is 2.28. The van der Waals surface area contributed by atoms with E-state index in [0.29, 0.717) is 13.2 Å². The fraction of sp³-hybridized carbons (Fsp3) is 0.667. The summed E-state index contributed by atoms with van der Waals surface area (Å²) in [7, 11) is 1.71. The monoisotopic (exact) mass is 384 g/mol. The summed E-state index contributed by atoms with van der Waals surface area (Å²) in [5.74, 6) is 0.912. The SMILES string of the molecule is COCCn1nnnc1[C@H](c1ccc(C)cc1)N1CCN(C2CCCC2)CC1. The number of aromatic nitrogens is 4. The normalized spacial score (nSPS) is 20.6. The van der Waals surface area contributed by atoms with E-state index >= 15 is 0 Å². The van der Waals surface area contributed by atoms with Crippen molar-refractivity contribution in [1.82, 2.24) is 30.0 Å². The van der Waals surface area contributed by atoms with Crippen LogP contribution in [0.3, 0.4) is 0 Å². The second-order valence-electron chi connectivity index (χ2n) is 8.08. The molecule has 1 saturated carbocycles. The Morgan fingerprint density at radius 1 is 1.07 bits per heavy atom. The van der Waals surface area contributed by atoms with Crippen molar-refractivity contribution >= 4 is 0 Å². The van der Waals surface area contributed by atoms with Gasteiger partial charge < -0.3 is 4.74 Å². The molecular formula is C21H32N6O. The van der Waals surface area contributed by atoms with Crippen LogP contribution in [0.4, 0.5) is 0 Å². The van der Waals surface area contributed by atoms with Gasteiger partial charge in [-0.15, -0.1) is 5.10 Å². The summed E-state index contributed by atoms with van der Waals surface area (Å²) in [6.07, 6.45) is 5.53. The third kappa shape index (κ3) is 4.26. The van der Waals surface area contributed by atoms with Crippen LogP contribution in [0.1, 0.15) is 48.7 Å². The number of aryl methyl sites for hydroxylation is 1. The second-order valence-corrected chi connectivity index (χ2v) is 8.08. The van der Waals surface area contributed by atoms with E-state index in [9.17, 15) is 0 Å². The zero-order chi connectivity index (χ0) is 19.3. The van der Waals surface area contributed by atoms with E-state index in [0.717, 1.165) is 38.0 Å². The van der Waals surface area contributed by atoms with Crippen LogP contribution in [-0.2, 0) is 11.3 Å². The van der Waals surface area contributed by atoms with Gasteiger partial charge in [-0.3, -0.25) is 9.80 Å². The van der Waals surface area contributed by atoms with E-state index in [1.807, 2.05) is 4.68 Å². The van der Waals surface area contributed by atoms with Gasteiger partial charge in [0.2, 0.25) is 0 Å². The molecule has 2 fully saturated rings. The van der Waals surface area contributed by atoms with Crippen molar-refractivity contribution in [1.29, 1.82) is 0 Å². The topological polar surface area (TPSA) is 59.3 Å². The van der Waals surface area contributed by atoms with Crippen LogP contribution in [0.2, 0.25) is 0 Å². The molecule has 0 radical (unpaired) electrons. The van der Waals surface area contributed by atoms with E-state index in [1.54, 1.807) is 7.11 Å². The molecule has 0 bridgehead atoms. The average Bonchev–Trinajstić information content (AvgIpc) is 3.41. The van der Waals surface area contributed by atoms with Gasteiger partial charge in [0.15, 0.2) is 5.82 Å². The summed E-state index contributed by atoms with van der Waals surface area (Å²) in [5, 5.41) is 12.6. The van der Waals surface area contributed by atoms with Crippen LogP contribution in [-0.4, -0.2) is 75.9 Å². The van der Waals surface area contributed by atoms with E-state index in [2.05, 4.69) is 56.5 Å². The quantitative estimate of drug-likeness (QED) is 0.730. The number of benzene rings is 1. The molecule has 1 aromatic carbocycles. The van der Waals surface area contributed by atoms with Crippen LogP contribution in [0, 0.1) is 6.92 Å².